The van der Waals surface area contributed by atoms with Crippen LogP contribution in [0.5, 0.6) is 0 Å². The smallest absolute Gasteiger partial charge is 0.277 e. The van der Waals surface area contributed by atoms with Crippen molar-refractivity contribution in [2.45, 2.75) is 33.2 Å². The molecule has 3 rings (SSSR count). The molecule has 25 heavy (non-hydrogen) atoms. The third kappa shape index (κ3) is 3.14. The van der Waals surface area contributed by atoms with Crippen LogP contribution in [0.25, 0.3) is 0 Å². The highest BCUT2D eigenvalue weighted by Gasteiger charge is 2.50. The van der Waals surface area contributed by atoms with E-state index in [0.29, 0.717) is 48.6 Å². The molecule has 0 aromatic heterocycles. The largest absolute Gasteiger partial charge is 0.330 e. The highest BCUT2D eigenvalue weighted by molar-refractivity contribution is 6.35. The maximum absolute atomic E-state index is 12.4. The molecule has 1 fully saturated rings. The van der Waals surface area contributed by atoms with Gasteiger partial charge >= 0.3 is 6.03 Å². The normalized spacial score (nSPS) is 20.2. The van der Waals surface area contributed by atoms with Gasteiger partial charge in [-0.1, -0.05) is 43.1 Å². The molecule has 2 heterocycles. The fourth-order valence-corrected chi connectivity index (χ4v) is 3.87. The number of nitrogens with zero attached hydrogens (tertiary/aromatic N) is 3. The van der Waals surface area contributed by atoms with E-state index in [9.17, 15) is 9.59 Å². The van der Waals surface area contributed by atoms with E-state index in [2.05, 4.69) is 10.3 Å². The summed E-state index contributed by atoms with van der Waals surface area (Å²) in [7, 11) is 0. The first-order valence-corrected chi connectivity index (χ1v) is 9.01. The van der Waals surface area contributed by atoms with Crippen molar-refractivity contribution in [3.63, 3.8) is 0 Å². The summed E-state index contributed by atoms with van der Waals surface area (Å²) in [5.41, 5.74) is 0.174. The quantitative estimate of drug-likeness (QED) is 0.866. The maximum atomic E-state index is 12.4. The Labute approximate surface area is 156 Å². The average molecular weight is 383 g/mol. The number of amides is 3. The predicted molar refractivity (Wildman–Crippen MR) is 97.6 cm³/mol. The van der Waals surface area contributed by atoms with Gasteiger partial charge in [0.05, 0.1) is 13.3 Å². The average Bonchev–Trinajstić information content (AvgIpc) is 2.59. The van der Waals surface area contributed by atoms with Crippen LogP contribution in [0, 0.1) is 5.41 Å². The summed E-state index contributed by atoms with van der Waals surface area (Å²) < 4.78 is 0. The Hall–Kier alpha value is -1.63. The number of rotatable bonds is 4. The number of fused-ring (bicyclic) bond motifs is 1. The highest BCUT2D eigenvalue weighted by Crippen LogP contribution is 2.35. The number of urea groups is 1. The van der Waals surface area contributed by atoms with Crippen molar-refractivity contribution in [3.8, 4) is 0 Å². The van der Waals surface area contributed by atoms with Gasteiger partial charge in [0.15, 0.2) is 0 Å². The van der Waals surface area contributed by atoms with Crippen LogP contribution in [-0.4, -0.2) is 40.9 Å². The van der Waals surface area contributed by atoms with Crippen LogP contribution in [0.4, 0.5) is 4.79 Å². The molecular formula is C17H20Cl2N4O2. The number of aliphatic imine (C=N–C) groups is 1. The van der Waals surface area contributed by atoms with Crippen molar-refractivity contribution in [1.82, 2.24) is 15.1 Å². The molecule has 1 aromatic rings. The number of nitrogens with one attached hydrogen (secondary N) is 1. The summed E-state index contributed by atoms with van der Waals surface area (Å²) in [6, 6.07) is 4.93. The second-order valence-corrected chi connectivity index (χ2v) is 7.15. The Morgan fingerprint density at radius 1 is 1.24 bits per heavy atom. The van der Waals surface area contributed by atoms with Gasteiger partial charge in [0.1, 0.15) is 11.3 Å². The molecule has 2 aliphatic rings. The Balaban J connectivity index is 1.86. The number of carbonyl (C=O) groups excluding carboxylic acids is 2. The van der Waals surface area contributed by atoms with Crippen molar-refractivity contribution in [1.29, 1.82) is 0 Å². The van der Waals surface area contributed by atoms with Gasteiger partial charge in [0.25, 0.3) is 0 Å². The molecule has 6 nitrogen and oxygen atoms in total. The van der Waals surface area contributed by atoms with E-state index < -0.39 is 11.4 Å². The first-order chi connectivity index (χ1) is 11.9. The highest BCUT2D eigenvalue weighted by atomic mass is 35.5. The fourth-order valence-electron chi connectivity index (χ4n) is 3.40. The van der Waals surface area contributed by atoms with E-state index in [1.54, 1.807) is 17.0 Å². The van der Waals surface area contributed by atoms with Crippen LogP contribution >= 0.6 is 23.2 Å². The molecular weight excluding hydrogens is 363 g/mol. The summed E-state index contributed by atoms with van der Waals surface area (Å²) in [6.45, 7) is 5.19. The van der Waals surface area contributed by atoms with Crippen molar-refractivity contribution < 1.29 is 9.59 Å². The van der Waals surface area contributed by atoms with Crippen molar-refractivity contribution in [2.75, 3.05) is 13.3 Å². The molecule has 0 spiro atoms. The van der Waals surface area contributed by atoms with E-state index >= 15 is 0 Å². The van der Waals surface area contributed by atoms with Crippen LogP contribution in [0.2, 0.25) is 10.0 Å². The molecule has 0 saturated carbocycles. The molecule has 0 aliphatic carbocycles. The van der Waals surface area contributed by atoms with Crippen LogP contribution < -0.4 is 5.32 Å². The maximum Gasteiger partial charge on any atom is 0.330 e. The zero-order valence-electron chi connectivity index (χ0n) is 14.2. The van der Waals surface area contributed by atoms with E-state index in [4.69, 9.17) is 23.2 Å². The summed E-state index contributed by atoms with van der Waals surface area (Å²) in [5.74, 6) is 0.316. The summed E-state index contributed by atoms with van der Waals surface area (Å²) in [4.78, 5) is 32.9. The van der Waals surface area contributed by atoms with Crippen molar-refractivity contribution in [3.05, 3.63) is 33.8 Å². The Morgan fingerprint density at radius 3 is 2.60 bits per heavy atom. The Morgan fingerprint density at radius 2 is 1.96 bits per heavy atom. The van der Waals surface area contributed by atoms with Gasteiger partial charge in [0, 0.05) is 16.6 Å². The lowest BCUT2D eigenvalue weighted by Crippen LogP contribution is -2.66. The third-order valence-electron chi connectivity index (χ3n) is 4.96. The van der Waals surface area contributed by atoms with Crippen LogP contribution in [0.3, 0.4) is 0 Å². The van der Waals surface area contributed by atoms with E-state index in [0.717, 1.165) is 5.56 Å². The summed E-state index contributed by atoms with van der Waals surface area (Å²) in [5, 5.41) is 3.63. The Bertz CT molecular complexity index is 746. The zero-order chi connectivity index (χ0) is 18.2. The molecule has 1 N–H and O–H groups in total. The van der Waals surface area contributed by atoms with Crippen LogP contribution in [-0.2, 0) is 11.3 Å². The first kappa shape index (κ1) is 18.2. The summed E-state index contributed by atoms with van der Waals surface area (Å²) in [6.07, 6.45) is 1.20. The topological polar surface area (TPSA) is 65.0 Å². The van der Waals surface area contributed by atoms with Crippen molar-refractivity contribution in [2.24, 2.45) is 10.4 Å². The minimum absolute atomic E-state index is 0.258. The van der Waals surface area contributed by atoms with Gasteiger partial charge < -0.3 is 0 Å². The predicted octanol–water partition coefficient (Wildman–Crippen LogP) is 3.48. The second-order valence-electron chi connectivity index (χ2n) is 6.31. The molecule has 8 heteroatoms. The molecule has 0 unspecified atom stereocenters. The molecule has 2 aliphatic heterocycles. The molecule has 0 bridgehead atoms. The number of carbonyl (C=O) groups is 2. The molecule has 134 valence electrons. The van der Waals surface area contributed by atoms with Gasteiger partial charge in [-0.05, 0) is 30.5 Å². The lowest BCUT2D eigenvalue weighted by molar-refractivity contribution is -0.128. The monoisotopic (exact) mass is 382 g/mol. The van der Waals surface area contributed by atoms with Crippen LogP contribution in [0.1, 0.15) is 32.3 Å². The minimum Gasteiger partial charge on any atom is -0.277 e. The fraction of sp³-hybridized carbons (Fsp3) is 0.471. The van der Waals surface area contributed by atoms with Gasteiger partial charge in [-0.15, -0.1) is 0 Å². The second kappa shape index (κ2) is 6.94. The number of hydrogen-bond donors (Lipinski definition) is 1. The summed E-state index contributed by atoms with van der Waals surface area (Å²) >= 11 is 12.2. The van der Waals surface area contributed by atoms with Gasteiger partial charge in [0.2, 0.25) is 5.91 Å². The number of amidine groups is 1. The van der Waals surface area contributed by atoms with Gasteiger partial charge in [-0.3, -0.25) is 24.9 Å². The Kier molecular flexibility index (Phi) is 5.04. The van der Waals surface area contributed by atoms with E-state index in [1.807, 2.05) is 24.8 Å². The number of benzene rings is 1. The van der Waals surface area contributed by atoms with Crippen molar-refractivity contribution >= 4 is 41.0 Å². The third-order valence-corrected chi connectivity index (χ3v) is 5.55. The van der Waals surface area contributed by atoms with E-state index in [-0.39, 0.29) is 5.91 Å². The van der Waals surface area contributed by atoms with Crippen LogP contribution in [0.15, 0.2) is 23.2 Å². The lowest BCUT2D eigenvalue weighted by Gasteiger charge is -2.45. The van der Waals surface area contributed by atoms with E-state index in [1.165, 1.54) is 0 Å². The van der Waals surface area contributed by atoms with Gasteiger partial charge in [-0.25, -0.2) is 4.79 Å². The number of halogens is 2. The number of hydrogen-bond acceptors (Lipinski definition) is 4. The SMILES string of the molecule is CCC1(CC)C(=O)NC(=O)N2CN(Cc3ccc(Cl)cc3Cl)CN=C21. The standard InChI is InChI=1S/C17H20Cl2N4O2/c1-3-17(4-2)14-20-9-22(10-23(14)16(25)21-15(17)24)8-11-5-6-12(18)7-13(11)19/h5-7H,3-4,8-10H2,1-2H3,(H,21,24,25). The van der Waals surface area contributed by atoms with Gasteiger partial charge in [-0.2, -0.15) is 0 Å². The number of imide groups is 1. The molecule has 0 radical (unpaired) electrons. The molecule has 1 aromatic carbocycles. The molecule has 3 amide bonds. The molecule has 1 saturated heterocycles. The lowest BCUT2D eigenvalue weighted by atomic mass is 9.78. The first-order valence-electron chi connectivity index (χ1n) is 8.25. The zero-order valence-corrected chi connectivity index (χ0v) is 15.7. The molecule has 0 atom stereocenters. The minimum atomic E-state index is -0.738.